The van der Waals surface area contributed by atoms with Crippen molar-refractivity contribution in [2.45, 2.75) is 25.8 Å². The molecule has 20 heavy (non-hydrogen) atoms. The van der Waals surface area contributed by atoms with Gasteiger partial charge in [0, 0.05) is 30.1 Å². The minimum atomic E-state index is 0.00817. The van der Waals surface area contributed by atoms with Gasteiger partial charge in [0.15, 0.2) is 0 Å². The van der Waals surface area contributed by atoms with E-state index in [0.29, 0.717) is 19.0 Å². The van der Waals surface area contributed by atoms with Gasteiger partial charge >= 0.3 is 0 Å². The number of aromatic nitrogens is 1. The van der Waals surface area contributed by atoms with Crippen molar-refractivity contribution in [3.05, 3.63) is 46.9 Å². The molecule has 2 heterocycles. The van der Waals surface area contributed by atoms with Gasteiger partial charge in [-0.3, -0.25) is 9.78 Å². The molecule has 0 saturated heterocycles. The molecule has 0 aliphatic carbocycles. The van der Waals surface area contributed by atoms with Gasteiger partial charge in [0.05, 0.1) is 11.9 Å². The van der Waals surface area contributed by atoms with Crippen LogP contribution in [0.3, 0.4) is 0 Å². The van der Waals surface area contributed by atoms with Gasteiger partial charge in [-0.25, -0.2) is 0 Å². The predicted molar refractivity (Wildman–Crippen MR) is 83.0 cm³/mol. The predicted octanol–water partition coefficient (Wildman–Crippen LogP) is 2.69. The number of rotatable bonds is 7. The number of carbonyl (C=O) groups excluding carboxylic acids is 1. The zero-order valence-electron chi connectivity index (χ0n) is 11.5. The molecule has 0 radical (unpaired) electrons. The van der Waals surface area contributed by atoms with Crippen LogP contribution in [0.5, 0.6) is 0 Å². The van der Waals surface area contributed by atoms with Crippen molar-refractivity contribution in [2.75, 3.05) is 11.9 Å². The Morgan fingerprint density at radius 1 is 1.40 bits per heavy atom. The van der Waals surface area contributed by atoms with E-state index in [1.807, 2.05) is 6.07 Å². The second kappa shape index (κ2) is 7.77. The van der Waals surface area contributed by atoms with E-state index in [9.17, 15) is 4.79 Å². The summed E-state index contributed by atoms with van der Waals surface area (Å²) in [6, 6.07) is 8.21. The molecule has 4 nitrogen and oxygen atoms in total. The monoisotopic (exact) mass is 289 g/mol. The zero-order chi connectivity index (χ0) is 14.2. The van der Waals surface area contributed by atoms with Crippen molar-refractivity contribution in [1.29, 1.82) is 0 Å². The van der Waals surface area contributed by atoms with Crippen LogP contribution in [-0.4, -0.2) is 23.5 Å². The highest BCUT2D eigenvalue weighted by Crippen LogP contribution is 2.10. The quantitative estimate of drug-likeness (QED) is 0.824. The van der Waals surface area contributed by atoms with E-state index in [-0.39, 0.29) is 5.91 Å². The topological polar surface area (TPSA) is 54.0 Å². The molecule has 0 spiro atoms. The number of carbonyl (C=O) groups is 1. The normalized spacial score (nSPS) is 12.1. The summed E-state index contributed by atoms with van der Waals surface area (Å²) in [6.45, 7) is 2.82. The fourth-order valence-electron chi connectivity index (χ4n) is 1.89. The summed E-state index contributed by atoms with van der Waals surface area (Å²) in [5.41, 5.74) is 0.740. The second-order valence-corrected chi connectivity index (χ2v) is 5.71. The van der Waals surface area contributed by atoms with Crippen molar-refractivity contribution < 1.29 is 4.79 Å². The molecule has 0 unspecified atom stereocenters. The van der Waals surface area contributed by atoms with Crippen LogP contribution in [0.15, 0.2) is 42.0 Å². The number of amides is 1. The first-order valence-corrected chi connectivity index (χ1v) is 7.57. The van der Waals surface area contributed by atoms with E-state index in [2.05, 4.69) is 40.1 Å². The number of nitrogens with zero attached hydrogens (tertiary/aromatic N) is 1. The van der Waals surface area contributed by atoms with Gasteiger partial charge in [0.25, 0.3) is 0 Å². The molecule has 1 amide bonds. The van der Waals surface area contributed by atoms with Gasteiger partial charge in [0.1, 0.15) is 0 Å². The molecule has 1 atom stereocenters. The Bertz CT molecular complexity index is 513. The third-order valence-corrected chi connectivity index (χ3v) is 3.78. The molecule has 0 saturated carbocycles. The SMILES string of the molecule is C[C@H](Cc1cccs1)NCCC(=O)Nc1cccnc1. The Labute approximate surface area is 123 Å². The van der Waals surface area contributed by atoms with Gasteiger partial charge in [-0.05, 0) is 36.9 Å². The summed E-state index contributed by atoms with van der Waals surface area (Å²) < 4.78 is 0. The van der Waals surface area contributed by atoms with E-state index in [1.54, 1.807) is 29.8 Å². The van der Waals surface area contributed by atoms with Gasteiger partial charge in [-0.1, -0.05) is 6.07 Å². The average Bonchev–Trinajstić information content (AvgIpc) is 2.92. The van der Waals surface area contributed by atoms with Crippen LogP contribution in [0.1, 0.15) is 18.2 Å². The van der Waals surface area contributed by atoms with Gasteiger partial charge in [-0.2, -0.15) is 0 Å². The van der Waals surface area contributed by atoms with Crippen LogP contribution in [-0.2, 0) is 11.2 Å². The first-order chi connectivity index (χ1) is 9.74. The fraction of sp³-hybridized carbons (Fsp3) is 0.333. The van der Waals surface area contributed by atoms with Crippen LogP contribution in [0.2, 0.25) is 0 Å². The minimum absolute atomic E-state index is 0.00817. The molecule has 0 bridgehead atoms. The summed E-state index contributed by atoms with van der Waals surface area (Å²) in [6.07, 6.45) is 4.79. The van der Waals surface area contributed by atoms with E-state index in [0.717, 1.165) is 12.1 Å². The number of anilines is 1. The Hall–Kier alpha value is -1.72. The van der Waals surface area contributed by atoms with Crippen LogP contribution >= 0.6 is 11.3 Å². The molecule has 2 aromatic rings. The Morgan fingerprint density at radius 2 is 2.30 bits per heavy atom. The minimum Gasteiger partial charge on any atom is -0.325 e. The third kappa shape index (κ3) is 5.11. The molecule has 2 rings (SSSR count). The number of hydrogen-bond donors (Lipinski definition) is 2. The highest BCUT2D eigenvalue weighted by Gasteiger charge is 2.06. The fourth-order valence-corrected chi connectivity index (χ4v) is 2.73. The van der Waals surface area contributed by atoms with Gasteiger partial charge < -0.3 is 10.6 Å². The lowest BCUT2D eigenvalue weighted by Gasteiger charge is -2.12. The molecular weight excluding hydrogens is 270 g/mol. The maximum Gasteiger partial charge on any atom is 0.225 e. The third-order valence-electron chi connectivity index (χ3n) is 2.88. The molecule has 0 aliphatic heterocycles. The standard InChI is InChI=1S/C15H19N3OS/c1-12(10-14-5-3-9-20-14)17-8-6-15(19)18-13-4-2-7-16-11-13/h2-5,7,9,11-12,17H,6,8,10H2,1H3,(H,18,19)/t12-/m1/s1. The van der Waals surface area contributed by atoms with Crippen LogP contribution in [0.25, 0.3) is 0 Å². The lowest BCUT2D eigenvalue weighted by molar-refractivity contribution is -0.116. The maximum absolute atomic E-state index is 11.7. The largest absolute Gasteiger partial charge is 0.325 e. The second-order valence-electron chi connectivity index (χ2n) is 4.68. The number of nitrogens with one attached hydrogen (secondary N) is 2. The number of pyridine rings is 1. The summed E-state index contributed by atoms with van der Waals surface area (Å²) in [4.78, 5) is 17.1. The van der Waals surface area contributed by atoms with Crippen molar-refractivity contribution in [3.63, 3.8) is 0 Å². The summed E-state index contributed by atoms with van der Waals surface area (Å²) >= 11 is 1.77. The Balaban J connectivity index is 1.64. The maximum atomic E-state index is 11.7. The molecule has 0 fully saturated rings. The highest BCUT2D eigenvalue weighted by molar-refractivity contribution is 7.09. The summed E-state index contributed by atoms with van der Waals surface area (Å²) in [5, 5.41) is 8.28. The summed E-state index contributed by atoms with van der Waals surface area (Å²) in [7, 11) is 0. The van der Waals surface area contributed by atoms with E-state index >= 15 is 0 Å². The number of thiophene rings is 1. The van der Waals surface area contributed by atoms with Crippen molar-refractivity contribution >= 4 is 22.9 Å². The van der Waals surface area contributed by atoms with Crippen LogP contribution in [0, 0.1) is 0 Å². The summed E-state index contributed by atoms with van der Waals surface area (Å²) in [5.74, 6) is 0.00817. The Morgan fingerprint density at radius 3 is 3.00 bits per heavy atom. The number of hydrogen-bond acceptors (Lipinski definition) is 4. The van der Waals surface area contributed by atoms with Gasteiger partial charge in [0.2, 0.25) is 5.91 Å². The molecule has 0 aromatic carbocycles. The van der Waals surface area contributed by atoms with Gasteiger partial charge in [-0.15, -0.1) is 11.3 Å². The molecule has 2 N–H and O–H groups in total. The van der Waals surface area contributed by atoms with E-state index < -0.39 is 0 Å². The van der Waals surface area contributed by atoms with Crippen LogP contribution in [0.4, 0.5) is 5.69 Å². The first kappa shape index (κ1) is 14.7. The molecular formula is C15H19N3OS. The molecule has 5 heteroatoms. The zero-order valence-corrected chi connectivity index (χ0v) is 12.3. The van der Waals surface area contributed by atoms with Crippen molar-refractivity contribution in [3.8, 4) is 0 Å². The first-order valence-electron chi connectivity index (χ1n) is 6.69. The lowest BCUT2D eigenvalue weighted by atomic mass is 10.2. The molecule has 0 aliphatic rings. The Kier molecular flexibility index (Phi) is 5.70. The van der Waals surface area contributed by atoms with Crippen molar-refractivity contribution in [2.24, 2.45) is 0 Å². The molecule has 106 valence electrons. The lowest BCUT2D eigenvalue weighted by Crippen LogP contribution is -2.31. The van der Waals surface area contributed by atoms with E-state index in [4.69, 9.17) is 0 Å². The van der Waals surface area contributed by atoms with Crippen molar-refractivity contribution in [1.82, 2.24) is 10.3 Å². The van der Waals surface area contributed by atoms with E-state index in [1.165, 1.54) is 4.88 Å². The van der Waals surface area contributed by atoms with Crippen LogP contribution < -0.4 is 10.6 Å². The highest BCUT2D eigenvalue weighted by atomic mass is 32.1. The smallest absolute Gasteiger partial charge is 0.225 e. The molecule has 2 aromatic heterocycles. The average molecular weight is 289 g/mol.